The standard InChI is InChI=1S/C41H42NOP/c1-2-3-4-5-6-19-30-41(31-28-35(29-32-41)34-20-11-7-12-21-34)40(43)39(33-42)44(36-22-13-8-14-23-36,37-24-15-9-16-25-37)38-26-17-10-18-27-38/h7-18,20-29,31H,2-6,19,30,32H2,1H3. The lowest BCUT2D eigenvalue weighted by atomic mass is 9.71. The molecule has 1 unspecified atom stereocenters. The van der Waals surface area contributed by atoms with E-state index in [0.29, 0.717) is 11.7 Å². The molecule has 0 bridgehead atoms. The van der Waals surface area contributed by atoms with E-state index in [4.69, 9.17) is 0 Å². The minimum absolute atomic E-state index is 0.0296. The van der Waals surface area contributed by atoms with Crippen LogP contribution < -0.4 is 15.9 Å². The number of rotatable bonds is 13. The van der Waals surface area contributed by atoms with Crippen molar-refractivity contribution in [3.8, 4) is 6.07 Å². The van der Waals surface area contributed by atoms with Gasteiger partial charge in [-0.15, -0.1) is 0 Å². The number of benzene rings is 4. The molecule has 1 atom stereocenters. The zero-order chi connectivity index (χ0) is 30.7. The largest absolute Gasteiger partial charge is 0.292 e. The normalized spacial score (nSPS) is 16.1. The molecule has 0 aliphatic heterocycles. The molecule has 0 fully saturated rings. The fourth-order valence-electron chi connectivity index (χ4n) is 6.51. The van der Waals surface area contributed by atoms with Crippen molar-refractivity contribution in [1.29, 1.82) is 5.26 Å². The van der Waals surface area contributed by atoms with Gasteiger partial charge in [0.25, 0.3) is 0 Å². The van der Waals surface area contributed by atoms with E-state index in [-0.39, 0.29) is 5.78 Å². The summed E-state index contributed by atoms with van der Waals surface area (Å²) in [6.07, 6.45) is 14.7. The lowest BCUT2D eigenvalue weighted by Crippen LogP contribution is -2.40. The number of allylic oxidation sites excluding steroid dienone is 4. The lowest BCUT2D eigenvalue weighted by molar-refractivity contribution is -0.119. The Hall–Kier alpha value is -4.18. The van der Waals surface area contributed by atoms with Crippen LogP contribution in [0.5, 0.6) is 0 Å². The molecule has 222 valence electrons. The van der Waals surface area contributed by atoms with Gasteiger partial charge in [0, 0.05) is 0 Å². The number of nitrogens with zero attached hydrogens (tertiary/aromatic N) is 1. The third-order valence-electron chi connectivity index (χ3n) is 8.89. The molecule has 0 radical (unpaired) electrons. The van der Waals surface area contributed by atoms with E-state index < -0.39 is 12.3 Å². The number of unbranched alkanes of at least 4 members (excludes halogenated alkanes) is 5. The van der Waals surface area contributed by atoms with Gasteiger partial charge in [-0.2, -0.15) is 5.26 Å². The Morgan fingerprint density at radius 1 is 0.705 bits per heavy atom. The van der Waals surface area contributed by atoms with E-state index in [1.54, 1.807) is 0 Å². The van der Waals surface area contributed by atoms with Gasteiger partial charge in [-0.1, -0.05) is 185 Å². The van der Waals surface area contributed by atoms with Crippen LogP contribution in [0.3, 0.4) is 0 Å². The van der Waals surface area contributed by atoms with Crippen molar-refractivity contribution < 1.29 is 4.79 Å². The van der Waals surface area contributed by atoms with E-state index in [2.05, 4.69) is 79.8 Å². The number of hydrogen-bond acceptors (Lipinski definition) is 2. The fourth-order valence-corrected chi connectivity index (χ4v) is 10.7. The van der Waals surface area contributed by atoms with Crippen LogP contribution in [0.1, 0.15) is 63.9 Å². The second-order valence-electron chi connectivity index (χ2n) is 11.7. The quantitative estimate of drug-likeness (QED) is 0.114. The van der Waals surface area contributed by atoms with Gasteiger partial charge in [0.2, 0.25) is 0 Å². The number of ketones is 1. The van der Waals surface area contributed by atoms with Crippen molar-refractivity contribution in [2.24, 2.45) is 5.41 Å². The van der Waals surface area contributed by atoms with Crippen molar-refractivity contribution in [2.45, 2.75) is 58.3 Å². The van der Waals surface area contributed by atoms with E-state index in [0.717, 1.165) is 46.3 Å². The maximum Gasteiger partial charge on any atom is 0.184 e. The van der Waals surface area contributed by atoms with Crippen LogP contribution in [0.2, 0.25) is 0 Å². The highest BCUT2D eigenvalue weighted by Crippen LogP contribution is 2.49. The highest BCUT2D eigenvalue weighted by molar-refractivity contribution is 7.97. The lowest BCUT2D eigenvalue weighted by Gasteiger charge is -2.35. The van der Waals surface area contributed by atoms with Gasteiger partial charge in [-0.25, -0.2) is 0 Å². The van der Waals surface area contributed by atoms with Crippen molar-refractivity contribution in [3.05, 3.63) is 145 Å². The maximum atomic E-state index is 15.3. The predicted molar refractivity (Wildman–Crippen MR) is 189 cm³/mol. The molecule has 0 heterocycles. The topological polar surface area (TPSA) is 40.9 Å². The summed E-state index contributed by atoms with van der Waals surface area (Å²) in [6, 6.07) is 43.7. The summed E-state index contributed by atoms with van der Waals surface area (Å²) in [5, 5.41) is 14.6. The molecule has 1 aliphatic carbocycles. The van der Waals surface area contributed by atoms with E-state index in [1.165, 1.54) is 25.7 Å². The van der Waals surface area contributed by atoms with Crippen LogP contribution in [0.25, 0.3) is 5.57 Å². The smallest absolute Gasteiger partial charge is 0.184 e. The maximum absolute atomic E-state index is 15.3. The van der Waals surface area contributed by atoms with Crippen molar-refractivity contribution in [2.75, 3.05) is 0 Å². The molecule has 0 amide bonds. The van der Waals surface area contributed by atoms with Gasteiger partial charge >= 0.3 is 0 Å². The Morgan fingerprint density at radius 3 is 1.64 bits per heavy atom. The summed E-state index contributed by atoms with van der Waals surface area (Å²) in [5.74, 6) is -0.0296. The summed E-state index contributed by atoms with van der Waals surface area (Å²) in [5.41, 5.74) is 1.51. The molecule has 5 rings (SSSR count). The molecular formula is C41H42NOP. The number of nitriles is 1. The molecule has 2 nitrogen and oxygen atoms in total. The first-order valence-corrected chi connectivity index (χ1v) is 17.8. The number of carbonyl (C=O) groups excluding carboxylic acids is 1. The summed E-state index contributed by atoms with van der Waals surface area (Å²) in [6.45, 7) is -0.570. The first-order chi connectivity index (χ1) is 21.7. The van der Waals surface area contributed by atoms with Gasteiger partial charge in [-0.3, -0.25) is 4.79 Å². The van der Waals surface area contributed by atoms with Gasteiger partial charge in [0.1, 0.15) is 11.4 Å². The van der Waals surface area contributed by atoms with E-state index in [9.17, 15) is 5.26 Å². The Morgan fingerprint density at radius 2 is 1.18 bits per heavy atom. The Labute approximate surface area is 263 Å². The zero-order valence-electron chi connectivity index (χ0n) is 25.7. The third kappa shape index (κ3) is 6.50. The molecule has 0 N–H and O–H groups in total. The van der Waals surface area contributed by atoms with E-state index >= 15 is 4.79 Å². The van der Waals surface area contributed by atoms with Crippen LogP contribution in [-0.2, 0) is 4.79 Å². The second-order valence-corrected chi connectivity index (χ2v) is 15.0. The number of hydrogen-bond donors (Lipinski definition) is 0. The third-order valence-corrected chi connectivity index (χ3v) is 13.1. The average molecular weight is 596 g/mol. The average Bonchev–Trinajstić information content (AvgIpc) is 3.10. The number of Topliss-reactive ketones (excluding diaryl/α,β-unsaturated/α-hetero) is 1. The van der Waals surface area contributed by atoms with Crippen LogP contribution >= 0.6 is 6.89 Å². The Bertz CT molecular complexity index is 1580. The summed E-state index contributed by atoms with van der Waals surface area (Å²) >= 11 is 0. The molecule has 3 heteroatoms. The minimum Gasteiger partial charge on any atom is -0.292 e. The highest BCUT2D eigenvalue weighted by Gasteiger charge is 2.43. The monoisotopic (exact) mass is 595 g/mol. The molecule has 4 aromatic rings. The molecule has 1 aliphatic rings. The first kappa shape index (κ1) is 31.3. The van der Waals surface area contributed by atoms with Gasteiger partial charge in [0.05, 0.1) is 5.41 Å². The molecule has 0 saturated carbocycles. The molecule has 4 aromatic carbocycles. The second kappa shape index (κ2) is 15.0. The molecular weight excluding hydrogens is 553 g/mol. The van der Waals surface area contributed by atoms with E-state index in [1.807, 2.05) is 72.8 Å². The van der Waals surface area contributed by atoms with Crippen LogP contribution in [0.15, 0.2) is 140 Å². The zero-order valence-corrected chi connectivity index (χ0v) is 26.6. The fraction of sp³-hybridized carbons (Fsp3) is 0.244. The summed E-state index contributed by atoms with van der Waals surface area (Å²) < 4.78 is 0. The van der Waals surface area contributed by atoms with Crippen molar-refractivity contribution in [1.82, 2.24) is 0 Å². The Kier molecular flexibility index (Phi) is 10.7. The molecule has 0 aromatic heterocycles. The van der Waals surface area contributed by atoms with Crippen LogP contribution in [-0.4, -0.2) is 11.1 Å². The summed E-state index contributed by atoms with van der Waals surface area (Å²) in [7, 11) is 0. The highest BCUT2D eigenvalue weighted by atomic mass is 31.2. The molecule has 44 heavy (non-hydrogen) atoms. The summed E-state index contributed by atoms with van der Waals surface area (Å²) in [4.78, 5) is 15.3. The van der Waals surface area contributed by atoms with Gasteiger partial charge in [0.15, 0.2) is 5.78 Å². The molecule has 0 spiro atoms. The van der Waals surface area contributed by atoms with Crippen molar-refractivity contribution >= 4 is 39.4 Å². The van der Waals surface area contributed by atoms with Crippen LogP contribution in [0.4, 0.5) is 0 Å². The predicted octanol–water partition coefficient (Wildman–Crippen LogP) is 9.03. The van der Waals surface area contributed by atoms with Gasteiger partial charge < -0.3 is 0 Å². The molecule has 0 saturated heterocycles. The van der Waals surface area contributed by atoms with Gasteiger partial charge in [-0.05, 0) is 46.8 Å². The minimum atomic E-state index is -2.80. The number of carbonyl (C=O) groups is 1. The van der Waals surface area contributed by atoms with Crippen LogP contribution in [0, 0.1) is 16.7 Å². The SMILES string of the molecule is CCCCCCCCC1(C(=O)C(C#N)=P(c2ccccc2)(c2ccccc2)c2ccccc2)C=CC(c2ccccc2)=CC1. The first-order valence-electron chi connectivity index (χ1n) is 16.0. The van der Waals surface area contributed by atoms with Crippen molar-refractivity contribution in [3.63, 3.8) is 0 Å². The Balaban J connectivity index is 1.70.